The highest BCUT2D eigenvalue weighted by atomic mass is 16.1. The fourth-order valence-corrected chi connectivity index (χ4v) is 2.92. The Hall–Kier alpha value is -2.89. The van der Waals surface area contributed by atoms with E-state index in [0.29, 0.717) is 5.46 Å². The van der Waals surface area contributed by atoms with Crippen LogP contribution < -0.4 is 11.2 Å². The zero-order chi connectivity index (χ0) is 16.1. The second-order valence-corrected chi connectivity index (χ2v) is 5.67. The van der Waals surface area contributed by atoms with Crippen LogP contribution in [0.2, 0.25) is 0 Å². The van der Waals surface area contributed by atoms with E-state index in [9.17, 15) is 4.79 Å². The third-order valence-electron chi connectivity index (χ3n) is 4.03. The summed E-state index contributed by atoms with van der Waals surface area (Å²) in [6.07, 6.45) is 5.17. The van der Waals surface area contributed by atoms with E-state index in [1.165, 1.54) is 0 Å². The van der Waals surface area contributed by atoms with Crippen LogP contribution in [0.4, 0.5) is 0 Å². The Morgan fingerprint density at radius 2 is 1.96 bits per heavy atom. The molecule has 4 aromatic rings. The minimum atomic E-state index is -0.135. The van der Waals surface area contributed by atoms with Crippen molar-refractivity contribution in [1.29, 1.82) is 0 Å². The number of pyridine rings is 2. The lowest BCUT2D eigenvalue weighted by Gasteiger charge is -2.07. The number of nitrogens with zero attached hydrogens (tertiary/aromatic N) is 4. The molecule has 3 aromatic heterocycles. The molecule has 110 valence electrons. The van der Waals surface area contributed by atoms with Gasteiger partial charge in [-0.25, -0.2) is 4.79 Å². The first-order chi connectivity index (χ1) is 11.1. The number of rotatable bonds is 1. The largest absolute Gasteiger partial charge is 0.333 e. The molecule has 0 fully saturated rings. The van der Waals surface area contributed by atoms with Gasteiger partial charge in [0.05, 0.1) is 34.6 Å². The molecule has 4 rings (SSSR count). The first-order valence-electron chi connectivity index (χ1n) is 7.24. The van der Waals surface area contributed by atoms with Gasteiger partial charge in [-0.2, -0.15) is 0 Å². The van der Waals surface area contributed by atoms with E-state index >= 15 is 0 Å². The van der Waals surface area contributed by atoms with E-state index in [-0.39, 0.29) is 5.69 Å². The molecule has 0 aliphatic rings. The van der Waals surface area contributed by atoms with Gasteiger partial charge in [0, 0.05) is 18.6 Å². The van der Waals surface area contributed by atoms with Gasteiger partial charge in [-0.05, 0) is 24.6 Å². The SMILES string of the molecule is [B]c1ccc2ncc3c(c2c1)n(-c1cncc(C)c1)c(=O)n3C. The average Bonchev–Trinajstić information content (AvgIpc) is 2.79. The lowest BCUT2D eigenvalue weighted by atomic mass is 9.94. The summed E-state index contributed by atoms with van der Waals surface area (Å²) >= 11 is 0. The highest BCUT2D eigenvalue weighted by Crippen LogP contribution is 2.24. The van der Waals surface area contributed by atoms with Crippen LogP contribution in [-0.2, 0) is 7.05 Å². The predicted molar refractivity (Wildman–Crippen MR) is 91.7 cm³/mol. The fourth-order valence-electron chi connectivity index (χ4n) is 2.92. The second-order valence-electron chi connectivity index (χ2n) is 5.67. The monoisotopic (exact) mass is 300 g/mol. The molecular weight excluding hydrogens is 287 g/mol. The molecule has 0 aliphatic heterocycles. The molecule has 0 bridgehead atoms. The molecule has 2 radical (unpaired) electrons. The van der Waals surface area contributed by atoms with Gasteiger partial charge in [0.25, 0.3) is 0 Å². The molecule has 0 saturated carbocycles. The van der Waals surface area contributed by atoms with Crippen LogP contribution in [0.3, 0.4) is 0 Å². The lowest BCUT2D eigenvalue weighted by Crippen LogP contribution is -2.21. The second kappa shape index (κ2) is 4.81. The Balaban J connectivity index is 2.25. The Bertz CT molecular complexity index is 1130. The Kier molecular flexibility index (Phi) is 2.88. The summed E-state index contributed by atoms with van der Waals surface area (Å²) < 4.78 is 3.26. The number of aromatic nitrogens is 4. The zero-order valence-corrected chi connectivity index (χ0v) is 12.8. The summed E-state index contributed by atoms with van der Waals surface area (Å²) in [6.45, 7) is 1.95. The summed E-state index contributed by atoms with van der Waals surface area (Å²) in [5, 5.41) is 0.849. The topological polar surface area (TPSA) is 52.7 Å². The summed E-state index contributed by atoms with van der Waals surface area (Å²) in [6, 6.07) is 7.46. The van der Waals surface area contributed by atoms with Crippen LogP contribution in [0.25, 0.3) is 27.6 Å². The van der Waals surface area contributed by atoms with Crippen molar-refractivity contribution in [2.45, 2.75) is 6.92 Å². The predicted octanol–water partition coefficient (Wildman–Crippen LogP) is 1.37. The van der Waals surface area contributed by atoms with Gasteiger partial charge < -0.3 is 0 Å². The summed E-state index contributed by atoms with van der Waals surface area (Å²) in [4.78, 5) is 21.4. The van der Waals surface area contributed by atoms with Crippen molar-refractivity contribution < 1.29 is 0 Å². The van der Waals surface area contributed by atoms with E-state index in [1.54, 1.807) is 40.8 Å². The molecule has 0 amide bonds. The fraction of sp³-hybridized carbons (Fsp3) is 0.118. The zero-order valence-electron chi connectivity index (χ0n) is 12.8. The number of fused-ring (bicyclic) bond motifs is 3. The Morgan fingerprint density at radius 3 is 2.74 bits per heavy atom. The summed E-state index contributed by atoms with van der Waals surface area (Å²) in [5.74, 6) is 0. The number of hydrogen-bond donors (Lipinski definition) is 0. The van der Waals surface area contributed by atoms with Crippen molar-refractivity contribution in [1.82, 2.24) is 19.1 Å². The van der Waals surface area contributed by atoms with Gasteiger partial charge in [-0.3, -0.25) is 19.1 Å². The minimum absolute atomic E-state index is 0.135. The van der Waals surface area contributed by atoms with Gasteiger partial charge in [0.2, 0.25) is 0 Å². The lowest BCUT2D eigenvalue weighted by molar-refractivity contribution is 0.843. The van der Waals surface area contributed by atoms with Crippen molar-refractivity contribution in [2.75, 3.05) is 0 Å². The maximum atomic E-state index is 12.8. The molecule has 1 aromatic carbocycles. The molecule has 23 heavy (non-hydrogen) atoms. The Morgan fingerprint density at radius 1 is 1.13 bits per heavy atom. The van der Waals surface area contributed by atoms with Crippen LogP contribution in [0.15, 0.2) is 47.7 Å². The first kappa shape index (κ1) is 13.8. The van der Waals surface area contributed by atoms with Crippen LogP contribution >= 0.6 is 0 Å². The molecular formula is C17H13BN4O. The van der Waals surface area contributed by atoms with Gasteiger partial charge in [0.1, 0.15) is 7.85 Å². The molecule has 0 aliphatic carbocycles. The van der Waals surface area contributed by atoms with Crippen LogP contribution in [-0.4, -0.2) is 26.9 Å². The third-order valence-corrected chi connectivity index (χ3v) is 4.03. The van der Waals surface area contributed by atoms with Crippen molar-refractivity contribution in [3.05, 3.63) is 58.9 Å². The van der Waals surface area contributed by atoms with Crippen LogP contribution in [0, 0.1) is 6.92 Å². The minimum Gasteiger partial charge on any atom is -0.293 e. The van der Waals surface area contributed by atoms with Crippen molar-refractivity contribution in [2.24, 2.45) is 7.05 Å². The highest BCUT2D eigenvalue weighted by molar-refractivity contribution is 6.33. The molecule has 0 atom stereocenters. The quantitative estimate of drug-likeness (QED) is 0.499. The first-order valence-corrected chi connectivity index (χ1v) is 7.24. The van der Waals surface area contributed by atoms with Gasteiger partial charge in [0.15, 0.2) is 0 Å². The molecule has 5 nitrogen and oxygen atoms in total. The number of benzene rings is 1. The average molecular weight is 300 g/mol. The molecule has 0 N–H and O–H groups in total. The molecule has 0 saturated heterocycles. The van der Waals surface area contributed by atoms with Crippen LogP contribution in [0.1, 0.15) is 5.56 Å². The van der Waals surface area contributed by atoms with Crippen molar-refractivity contribution >= 4 is 35.2 Å². The van der Waals surface area contributed by atoms with E-state index in [1.807, 2.05) is 25.1 Å². The van der Waals surface area contributed by atoms with E-state index in [0.717, 1.165) is 33.2 Å². The van der Waals surface area contributed by atoms with E-state index in [2.05, 4.69) is 9.97 Å². The third kappa shape index (κ3) is 1.98. The highest BCUT2D eigenvalue weighted by Gasteiger charge is 2.16. The van der Waals surface area contributed by atoms with E-state index < -0.39 is 0 Å². The normalized spacial score (nSPS) is 11.4. The molecule has 6 heteroatoms. The smallest absolute Gasteiger partial charge is 0.293 e. The van der Waals surface area contributed by atoms with Crippen LogP contribution in [0.5, 0.6) is 0 Å². The number of hydrogen-bond acceptors (Lipinski definition) is 3. The summed E-state index contributed by atoms with van der Waals surface area (Å²) in [5.41, 5.74) is 4.57. The maximum absolute atomic E-state index is 12.8. The number of imidazole rings is 1. The van der Waals surface area contributed by atoms with Gasteiger partial charge >= 0.3 is 5.69 Å². The maximum Gasteiger partial charge on any atom is 0.333 e. The number of aryl methyl sites for hydroxylation is 2. The molecule has 0 spiro atoms. The molecule has 0 unspecified atom stereocenters. The molecule has 3 heterocycles. The standard InChI is InChI=1S/C17H13BN4O/c1-10-5-12(8-19-7-10)22-16-13-6-11(18)3-4-14(13)20-9-15(16)21(2)17(22)23/h3-9H,1-2H3. The Labute approximate surface area is 133 Å². The van der Waals surface area contributed by atoms with Gasteiger partial charge in [-0.1, -0.05) is 17.6 Å². The summed E-state index contributed by atoms with van der Waals surface area (Å²) in [7, 11) is 7.68. The van der Waals surface area contributed by atoms with Crippen molar-refractivity contribution in [3.63, 3.8) is 0 Å². The van der Waals surface area contributed by atoms with Gasteiger partial charge in [-0.15, -0.1) is 0 Å². The van der Waals surface area contributed by atoms with Crippen molar-refractivity contribution in [3.8, 4) is 5.69 Å². The van der Waals surface area contributed by atoms with E-state index in [4.69, 9.17) is 7.85 Å².